The number of anilines is 1. The molecular formula is C38H46ClF3N4O6. The number of ether oxygens (including phenoxy) is 1. The number of nitrogens with zero attached hydrogens (tertiary/aromatic N) is 2. The number of ketones is 1. The minimum atomic E-state index is -4.59. The van der Waals surface area contributed by atoms with Gasteiger partial charge in [-0.25, -0.2) is 10.3 Å². The van der Waals surface area contributed by atoms with Crippen LogP contribution in [-0.2, 0) is 43.2 Å². The lowest BCUT2D eigenvalue weighted by atomic mass is 9.85. The molecule has 0 bridgehead atoms. The van der Waals surface area contributed by atoms with E-state index in [1.165, 1.54) is 21.9 Å². The van der Waals surface area contributed by atoms with E-state index in [-0.39, 0.29) is 55.8 Å². The highest BCUT2D eigenvalue weighted by Crippen LogP contribution is 2.58. The first-order valence-corrected chi connectivity index (χ1v) is 18.3. The molecule has 0 radical (unpaired) electrons. The van der Waals surface area contributed by atoms with Crippen molar-refractivity contribution in [2.24, 2.45) is 22.7 Å². The van der Waals surface area contributed by atoms with E-state index in [0.29, 0.717) is 30.4 Å². The van der Waals surface area contributed by atoms with Crippen LogP contribution in [0.2, 0.25) is 5.02 Å². The zero-order chi connectivity index (χ0) is 37.6. The van der Waals surface area contributed by atoms with Crippen LogP contribution in [-0.4, -0.2) is 64.8 Å². The van der Waals surface area contributed by atoms with Gasteiger partial charge in [0.2, 0.25) is 11.8 Å². The van der Waals surface area contributed by atoms with Crippen molar-refractivity contribution < 1.29 is 41.9 Å². The van der Waals surface area contributed by atoms with Crippen LogP contribution in [0.3, 0.4) is 0 Å². The number of Topliss-reactive ketones (excluding diaryl/α,β-unsaturated/α-hetero) is 1. The van der Waals surface area contributed by atoms with E-state index in [2.05, 4.69) is 10.8 Å². The maximum Gasteiger partial charge on any atom is 0.416 e. The molecule has 2 aliphatic heterocycles. The number of carbonyl (C=O) groups excluding carboxylic acids is 4. The highest BCUT2D eigenvalue weighted by atomic mass is 35.5. The Kier molecular flexibility index (Phi) is 10.6. The maximum absolute atomic E-state index is 14.5. The van der Waals surface area contributed by atoms with Crippen molar-refractivity contribution in [3.05, 3.63) is 64.2 Å². The average Bonchev–Trinajstić information content (AvgIpc) is 3.94. The predicted octanol–water partition coefficient (Wildman–Crippen LogP) is 7.14. The maximum atomic E-state index is 14.5. The fourth-order valence-corrected chi connectivity index (χ4v) is 7.71. The Morgan fingerprint density at radius 3 is 2.42 bits per heavy atom. The zero-order valence-electron chi connectivity index (χ0n) is 29.9. The van der Waals surface area contributed by atoms with Gasteiger partial charge in [0.1, 0.15) is 12.1 Å². The highest BCUT2D eigenvalue weighted by molar-refractivity contribution is 6.31. The van der Waals surface area contributed by atoms with Crippen molar-refractivity contribution in [3.8, 4) is 0 Å². The number of carbonyl (C=O) groups is 4. The van der Waals surface area contributed by atoms with Crippen LogP contribution < -0.4 is 10.8 Å². The molecule has 0 unspecified atom stereocenters. The van der Waals surface area contributed by atoms with Gasteiger partial charge in [-0.3, -0.25) is 24.1 Å². The molecule has 2 aliphatic carbocycles. The lowest BCUT2D eigenvalue weighted by Gasteiger charge is -2.36. The normalized spacial score (nSPS) is 24.7. The SMILES string of the molecule is CC[C@@H]1C[C@]1(CC(=O)[C@@H]1C[C@@H](OC(=O)N2Cc3cccc(Cl)c3C2)CN1C(=O)[C@@H](Nc1cccc(C(F)(F)F)c1)C(C)(C)C)C(=O)NOCC1CC1. The van der Waals surface area contributed by atoms with Gasteiger partial charge >= 0.3 is 12.3 Å². The largest absolute Gasteiger partial charge is 0.444 e. The van der Waals surface area contributed by atoms with Crippen molar-refractivity contribution >= 4 is 41.0 Å². The smallest absolute Gasteiger partial charge is 0.416 e. The third kappa shape index (κ3) is 8.20. The van der Waals surface area contributed by atoms with Crippen molar-refractivity contribution in [1.29, 1.82) is 0 Å². The predicted molar refractivity (Wildman–Crippen MR) is 187 cm³/mol. The lowest BCUT2D eigenvalue weighted by Crippen LogP contribution is -2.53. The Labute approximate surface area is 306 Å². The van der Waals surface area contributed by atoms with Crippen LogP contribution in [0.4, 0.5) is 23.7 Å². The van der Waals surface area contributed by atoms with Crippen molar-refractivity contribution in [1.82, 2.24) is 15.3 Å². The van der Waals surface area contributed by atoms with Crippen molar-refractivity contribution in [2.45, 2.75) is 104 Å². The standard InChI is InChI=1S/C38H46ClF3N4O6/c1-5-24-16-37(24,34(49)44-51-21-22-12-13-22)17-31(47)30-15-27(52-35(50)45-18-23-8-6-11-29(39)28(23)20-45)19-46(30)33(48)32(36(2,3)4)43-26-10-7-9-25(14-26)38(40,41)42/h6-11,14,22,24,27,30,32,43H,5,12-13,15-21H2,1-4H3,(H,44,49)/t24-,27-,30+,32-,37-/m1/s1. The fourth-order valence-electron chi connectivity index (χ4n) is 7.46. The van der Waals surface area contributed by atoms with Gasteiger partial charge < -0.3 is 15.0 Å². The van der Waals surface area contributed by atoms with Crippen molar-refractivity contribution in [2.75, 3.05) is 18.5 Å². The molecule has 2 N–H and O–H groups in total. The van der Waals surface area contributed by atoms with Crippen LogP contribution >= 0.6 is 11.6 Å². The van der Waals surface area contributed by atoms with Crippen LogP contribution in [0.25, 0.3) is 0 Å². The van der Waals surface area contributed by atoms with Gasteiger partial charge in [0, 0.05) is 30.1 Å². The Balaban J connectivity index is 1.23. The molecule has 2 aromatic rings. The second-order valence-electron chi connectivity index (χ2n) is 15.8. The van der Waals surface area contributed by atoms with Crippen LogP contribution in [0, 0.1) is 22.7 Å². The summed E-state index contributed by atoms with van der Waals surface area (Å²) in [6, 6.07) is 7.93. The molecular weight excluding hydrogens is 701 g/mol. The second-order valence-corrected chi connectivity index (χ2v) is 16.2. The first-order chi connectivity index (χ1) is 24.5. The number of halogens is 4. The van der Waals surface area contributed by atoms with E-state index < -0.39 is 52.8 Å². The van der Waals surface area contributed by atoms with Gasteiger partial charge in [0.15, 0.2) is 5.78 Å². The van der Waals surface area contributed by atoms with Crippen LogP contribution in [0.5, 0.6) is 0 Å². The minimum Gasteiger partial charge on any atom is -0.444 e. The molecule has 282 valence electrons. The molecule has 0 spiro atoms. The number of benzene rings is 2. The molecule has 2 saturated carbocycles. The number of amides is 3. The number of hydrogen-bond donors (Lipinski definition) is 2. The van der Waals surface area contributed by atoms with E-state index in [1.54, 1.807) is 32.9 Å². The Hall–Kier alpha value is -3.84. The summed E-state index contributed by atoms with van der Waals surface area (Å²) in [5.41, 5.74) is 1.69. The summed E-state index contributed by atoms with van der Waals surface area (Å²) in [6.07, 6.45) is -2.94. The van der Waals surface area contributed by atoms with E-state index in [0.717, 1.165) is 36.1 Å². The zero-order valence-corrected chi connectivity index (χ0v) is 30.6. The quantitative estimate of drug-likeness (QED) is 0.222. The van der Waals surface area contributed by atoms with E-state index in [4.69, 9.17) is 21.2 Å². The number of hydroxylamine groups is 1. The molecule has 4 aliphatic rings. The fraction of sp³-hybridized carbons (Fsp3) is 0.579. The first kappa shape index (κ1) is 37.9. The minimum absolute atomic E-state index is 0.00491. The van der Waals surface area contributed by atoms with Gasteiger partial charge in [-0.1, -0.05) is 63.9 Å². The molecule has 2 heterocycles. The topological polar surface area (TPSA) is 117 Å². The number of likely N-dealkylation sites (tertiary alicyclic amines) is 1. The molecule has 14 heteroatoms. The average molecular weight is 747 g/mol. The van der Waals surface area contributed by atoms with Gasteiger partial charge in [-0.15, -0.1) is 0 Å². The van der Waals surface area contributed by atoms with Crippen LogP contribution in [0.15, 0.2) is 42.5 Å². The number of hydrogen-bond acceptors (Lipinski definition) is 7. The first-order valence-electron chi connectivity index (χ1n) is 17.9. The summed E-state index contributed by atoms with van der Waals surface area (Å²) in [5, 5.41) is 3.54. The van der Waals surface area contributed by atoms with E-state index in [1.807, 2.05) is 13.0 Å². The molecule has 52 heavy (non-hydrogen) atoms. The van der Waals surface area contributed by atoms with Crippen LogP contribution in [0.1, 0.15) is 82.9 Å². The monoisotopic (exact) mass is 746 g/mol. The summed E-state index contributed by atoms with van der Waals surface area (Å²) in [4.78, 5) is 64.1. The van der Waals surface area contributed by atoms with E-state index >= 15 is 0 Å². The van der Waals surface area contributed by atoms with Gasteiger partial charge in [-0.2, -0.15) is 13.2 Å². The molecule has 2 aromatic carbocycles. The number of fused-ring (bicyclic) bond motifs is 1. The Morgan fingerprint density at radius 2 is 1.79 bits per heavy atom. The second kappa shape index (κ2) is 14.5. The van der Waals surface area contributed by atoms with E-state index in [9.17, 15) is 32.3 Å². The van der Waals surface area contributed by atoms with Crippen molar-refractivity contribution in [3.63, 3.8) is 0 Å². The molecule has 10 nitrogen and oxygen atoms in total. The molecule has 1 saturated heterocycles. The summed E-state index contributed by atoms with van der Waals surface area (Å²) in [6.45, 7) is 8.10. The summed E-state index contributed by atoms with van der Waals surface area (Å²) in [5.74, 6) is -0.876. The van der Waals surface area contributed by atoms with Gasteiger partial charge in [0.25, 0.3) is 0 Å². The number of rotatable bonds is 12. The summed E-state index contributed by atoms with van der Waals surface area (Å²) >= 11 is 6.36. The molecule has 3 fully saturated rings. The third-order valence-corrected chi connectivity index (χ3v) is 11.2. The number of nitrogens with one attached hydrogen (secondary N) is 2. The van der Waals surface area contributed by atoms with Gasteiger partial charge in [0.05, 0.1) is 36.7 Å². The number of alkyl halides is 3. The molecule has 3 amide bonds. The molecule has 0 aromatic heterocycles. The highest BCUT2D eigenvalue weighted by Gasteiger charge is 2.61. The van der Waals surface area contributed by atoms with Gasteiger partial charge in [-0.05, 0) is 71.9 Å². The third-order valence-electron chi connectivity index (χ3n) is 10.8. The summed E-state index contributed by atoms with van der Waals surface area (Å²) in [7, 11) is 0. The molecule has 6 rings (SSSR count). The Bertz CT molecular complexity index is 1710. The Morgan fingerprint density at radius 1 is 1.06 bits per heavy atom. The molecule has 5 atom stereocenters. The lowest BCUT2D eigenvalue weighted by molar-refractivity contribution is -0.145. The summed E-state index contributed by atoms with van der Waals surface area (Å²) < 4.78 is 46.6.